The zero-order valence-electron chi connectivity index (χ0n) is 18.5. The van der Waals surface area contributed by atoms with Crippen molar-refractivity contribution >= 4 is 24.0 Å². The summed E-state index contributed by atoms with van der Waals surface area (Å²) in [6.45, 7) is 0.136. The van der Waals surface area contributed by atoms with Gasteiger partial charge < -0.3 is 14.9 Å². The van der Waals surface area contributed by atoms with Gasteiger partial charge in [0, 0.05) is 18.0 Å². The molecule has 0 saturated carbocycles. The van der Waals surface area contributed by atoms with Gasteiger partial charge in [-0.3, -0.25) is 9.59 Å². The molecule has 0 bridgehead atoms. The highest BCUT2D eigenvalue weighted by atomic mass is 19.1. The van der Waals surface area contributed by atoms with E-state index in [1.54, 1.807) is 11.0 Å². The summed E-state index contributed by atoms with van der Waals surface area (Å²) in [6.07, 6.45) is 4.09. The monoisotopic (exact) mass is 456 g/mol. The Balaban J connectivity index is 1.34. The SMILES string of the molecule is O=C(c1cccc(F)c1)N1CC(=O)N2[C@H](C1)[C@H](c1ccc(C=Cc3ccccc3)cc1)[C@@H]2CO. The van der Waals surface area contributed by atoms with Gasteiger partial charge in [-0.1, -0.05) is 72.8 Å². The van der Waals surface area contributed by atoms with E-state index in [1.165, 1.54) is 23.1 Å². The van der Waals surface area contributed by atoms with Crippen molar-refractivity contribution in [2.24, 2.45) is 0 Å². The number of carbonyl (C=O) groups excluding carboxylic acids is 2. The van der Waals surface area contributed by atoms with E-state index in [2.05, 4.69) is 0 Å². The van der Waals surface area contributed by atoms with E-state index in [0.717, 1.165) is 16.7 Å². The zero-order valence-corrected chi connectivity index (χ0v) is 18.5. The average molecular weight is 457 g/mol. The standard InChI is InChI=1S/C28H25FN2O3/c29-23-8-4-7-22(15-23)28(34)30-16-24-27(25(18-32)31(24)26(33)17-30)21-13-11-20(12-14-21)10-9-19-5-2-1-3-6-19/h1-15,24-25,27,32H,16-18H2/t24-,25+,27+/m1/s1. The molecule has 2 saturated heterocycles. The molecule has 3 atom stereocenters. The van der Waals surface area contributed by atoms with Crippen LogP contribution in [0.15, 0.2) is 78.9 Å². The van der Waals surface area contributed by atoms with Crippen molar-refractivity contribution in [3.05, 3.63) is 107 Å². The van der Waals surface area contributed by atoms with Crippen LogP contribution in [-0.2, 0) is 4.79 Å². The van der Waals surface area contributed by atoms with E-state index in [9.17, 15) is 19.1 Å². The molecule has 5 nitrogen and oxygen atoms in total. The Morgan fingerprint density at radius 3 is 2.35 bits per heavy atom. The number of aliphatic hydroxyl groups excluding tert-OH is 1. The molecule has 172 valence electrons. The first-order chi connectivity index (χ1) is 16.5. The summed E-state index contributed by atoms with van der Waals surface area (Å²) < 4.78 is 13.6. The van der Waals surface area contributed by atoms with Crippen molar-refractivity contribution < 1.29 is 19.1 Å². The first-order valence-electron chi connectivity index (χ1n) is 11.3. The molecule has 34 heavy (non-hydrogen) atoms. The number of carbonyl (C=O) groups is 2. The van der Waals surface area contributed by atoms with Crippen LogP contribution in [-0.4, -0.2) is 58.5 Å². The maximum absolute atomic E-state index is 13.6. The highest BCUT2D eigenvalue weighted by molar-refractivity contribution is 5.97. The van der Waals surface area contributed by atoms with Crippen LogP contribution >= 0.6 is 0 Å². The third kappa shape index (κ3) is 4.13. The Bertz CT molecular complexity index is 1230. The van der Waals surface area contributed by atoms with Gasteiger partial charge in [0.25, 0.3) is 5.91 Å². The largest absolute Gasteiger partial charge is 0.394 e. The number of rotatable bonds is 5. The highest BCUT2D eigenvalue weighted by Crippen LogP contribution is 2.43. The first-order valence-corrected chi connectivity index (χ1v) is 11.3. The lowest BCUT2D eigenvalue weighted by Gasteiger charge is -2.58. The summed E-state index contributed by atoms with van der Waals surface area (Å²) in [6, 6.07) is 23.1. The van der Waals surface area contributed by atoms with E-state index < -0.39 is 5.82 Å². The fourth-order valence-corrected chi connectivity index (χ4v) is 5.04. The summed E-state index contributed by atoms with van der Waals surface area (Å²) in [5, 5.41) is 10.00. The van der Waals surface area contributed by atoms with Gasteiger partial charge in [-0.05, 0) is 34.9 Å². The van der Waals surface area contributed by atoms with E-state index >= 15 is 0 Å². The second kappa shape index (κ2) is 9.23. The van der Waals surface area contributed by atoms with Gasteiger partial charge in [0.05, 0.1) is 18.7 Å². The summed E-state index contributed by atoms with van der Waals surface area (Å²) in [5.74, 6) is -1.12. The summed E-state index contributed by atoms with van der Waals surface area (Å²) >= 11 is 0. The number of fused-ring (bicyclic) bond motifs is 1. The fourth-order valence-electron chi connectivity index (χ4n) is 5.04. The van der Waals surface area contributed by atoms with E-state index in [-0.39, 0.29) is 48.5 Å². The molecule has 1 N–H and O–H groups in total. The first kappa shape index (κ1) is 22.0. The molecule has 3 aromatic rings. The number of amides is 2. The molecule has 0 aromatic heterocycles. The van der Waals surface area contributed by atoms with Crippen molar-refractivity contribution in [2.45, 2.75) is 18.0 Å². The molecule has 0 spiro atoms. The van der Waals surface area contributed by atoms with Crippen molar-refractivity contribution in [3.63, 3.8) is 0 Å². The zero-order chi connectivity index (χ0) is 23.7. The number of piperazine rings is 1. The van der Waals surface area contributed by atoms with Gasteiger partial charge in [-0.15, -0.1) is 0 Å². The lowest BCUT2D eigenvalue weighted by atomic mass is 9.73. The van der Waals surface area contributed by atoms with Crippen molar-refractivity contribution in [2.75, 3.05) is 19.7 Å². The lowest BCUT2D eigenvalue weighted by Crippen LogP contribution is -2.73. The number of halogens is 1. The minimum atomic E-state index is -0.487. The van der Waals surface area contributed by atoms with E-state index in [1.807, 2.05) is 66.7 Å². The topological polar surface area (TPSA) is 60.9 Å². The molecule has 2 heterocycles. The molecule has 3 aromatic carbocycles. The van der Waals surface area contributed by atoms with Crippen LogP contribution in [0.4, 0.5) is 4.39 Å². The van der Waals surface area contributed by atoms with E-state index in [4.69, 9.17) is 0 Å². The normalized spacial score (nSPS) is 21.9. The second-order valence-corrected chi connectivity index (χ2v) is 8.75. The van der Waals surface area contributed by atoms with Crippen molar-refractivity contribution in [1.29, 1.82) is 0 Å². The molecule has 5 rings (SSSR count). The smallest absolute Gasteiger partial charge is 0.254 e. The predicted molar refractivity (Wildman–Crippen MR) is 128 cm³/mol. The molecule has 0 aliphatic carbocycles. The van der Waals surface area contributed by atoms with Crippen molar-refractivity contribution in [3.8, 4) is 0 Å². The van der Waals surface area contributed by atoms with Gasteiger partial charge in [-0.25, -0.2) is 4.39 Å². The molecule has 0 radical (unpaired) electrons. The maximum atomic E-state index is 13.6. The van der Waals surface area contributed by atoms with Crippen LogP contribution in [0, 0.1) is 5.82 Å². The number of aliphatic hydroxyl groups is 1. The van der Waals surface area contributed by atoms with Crippen LogP contribution in [0.1, 0.15) is 33.0 Å². The van der Waals surface area contributed by atoms with Gasteiger partial charge in [0.2, 0.25) is 5.91 Å². The summed E-state index contributed by atoms with van der Waals surface area (Å²) in [4.78, 5) is 28.9. The maximum Gasteiger partial charge on any atom is 0.254 e. The van der Waals surface area contributed by atoms with Gasteiger partial charge in [-0.2, -0.15) is 0 Å². The van der Waals surface area contributed by atoms with Crippen LogP contribution in [0.3, 0.4) is 0 Å². The van der Waals surface area contributed by atoms with Crippen LogP contribution in [0.25, 0.3) is 12.2 Å². The number of hydrogen-bond donors (Lipinski definition) is 1. The summed E-state index contributed by atoms with van der Waals surface area (Å²) in [5.41, 5.74) is 3.41. The molecule has 6 heteroatoms. The lowest BCUT2D eigenvalue weighted by molar-refractivity contribution is -0.159. The highest BCUT2D eigenvalue weighted by Gasteiger charge is 2.54. The molecule has 2 aliphatic heterocycles. The number of hydrogen-bond acceptors (Lipinski definition) is 3. The third-order valence-corrected chi connectivity index (χ3v) is 6.70. The molecule has 2 amide bonds. The Morgan fingerprint density at radius 1 is 0.971 bits per heavy atom. The third-order valence-electron chi connectivity index (χ3n) is 6.70. The quantitative estimate of drug-likeness (QED) is 0.594. The summed E-state index contributed by atoms with van der Waals surface area (Å²) in [7, 11) is 0. The number of nitrogens with zero attached hydrogens (tertiary/aromatic N) is 2. The molecular weight excluding hydrogens is 431 g/mol. The van der Waals surface area contributed by atoms with Crippen LogP contribution < -0.4 is 0 Å². The van der Waals surface area contributed by atoms with Crippen LogP contribution in [0.2, 0.25) is 0 Å². The Morgan fingerprint density at radius 2 is 1.68 bits per heavy atom. The van der Waals surface area contributed by atoms with Gasteiger partial charge in [0.1, 0.15) is 12.4 Å². The van der Waals surface area contributed by atoms with Crippen molar-refractivity contribution in [1.82, 2.24) is 9.80 Å². The van der Waals surface area contributed by atoms with Gasteiger partial charge in [0.15, 0.2) is 0 Å². The average Bonchev–Trinajstić information content (AvgIpc) is 2.85. The molecule has 2 aliphatic rings. The van der Waals surface area contributed by atoms with Crippen LogP contribution in [0.5, 0.6) is 0 Å². The fraction of sp³-hybridized carbons (Fsp3) is 0.214. The number of benzene rings is 3. The second-order valence-electron chi connectivity index (χ2n) is 8.75. The van der Waals surface area contributed by atoms with E-state index in [0.29, 0.717) is 6.54 Å². The Hall–Kier alpha value is -3.77. The molecular formula is C28H25FN2O3. The predicted octanol–water partition coefficient (Wildman–Crippen LogP) is 3.81. The minimum absolute atomic E-state index is 0.0711. The Kier molecular flexibility index (Phi) is 5.99. The van der Waals surface area contributed by atoms with Gasteiger partial charge >= 0.3 is 0 Å². The Labute approximate surface area is 197 Å². The minimum Gasteiger partial charge on any atom is -0.394 e. The molecule has 2 fully saturated rings. The molecule has 0 unspecified atom stereocenters.